The van der Waals surface area contributed by atoms with Crippen molar-refractivity contribution in [3.05, 3.63) is 45.3 Å². The first-order valence-corrected chi connectivity index (χ1v) is 7.09. The number of hydrogen-bond donors (Lipinski definition) is 2. The third-order valence-electron chi connectivity index (χ3n) is 3.23. The van der Waals surface area contributed by atoms with Crippen LogP contribution < -0.4 is 5.43 Å². The van der Waals surface area contributed by atoms with Crippen LogP contribution in [0.4, 0.5) is 0 Å². The van der Waals surface area contributed by atoms with Crippen LogP contribution in [0, 0.1) is 6.92 Å². The van der Waals surface area contributed by atoms with Gasteiger partial charge in [0.15, 0.2) is 5.76 Å². The SMILES string of the molecule is COC(=O)Cc1c(/C(Cl)=C\C(=O)O)oc2cc(C)cc(O)c2c1=O. The van der Waals surface area contributed by atoms with Crippen LogP contribution >= 0.6 is 11.6 Å². The first-order chi connectivity index (χ1) is 11.2. The van der Waals surface area contributed by atoms with Gasteiger partial charge in [0, 0.05) is 6.08 Å². The average Bonchev–Trinajstić information content (AvgIpc) is 2.47. The Labute approximate surface area is 140 Å². The number of fused-ring (bicyclic) bond motifs is 1. The Morgan fingerprint density at radius 3 is 2.62 bits per heavy atom. The number of aliphatic carboxylic acids is 1. The first-order valence-electron chi connectivity index (χ1n) is 6.71. The number of hydrogen-bond acceptors (Lipinski definition) is 6. The molecule has 0 unspecified atom stereocenters. The molecule has 1 aromatic heterocycles. The van der Waals surface area contributed by atoms with E-state index in [0.717, 1.165) is 7.11 Å². The van der Waals surface area contributed by atoms with Crippen LogP contribution in [0.25, 0.3) is 16.0 Å². The Morgan fingerprint density at radius 2 is 2.04 bits per heavy atom. The second kappa shape index (κ2) is 6.76. The summed E-state index contributed by atoms with van der Waals surface area (Å²) in [5, 5.41) is 18.3. The lowest BCUT2D eigenvalue weighted by Gasteiger charge is -2.10. The van der Waals surface area contributed by atoms with Crippen molar-refractivity contribution >= 4 is 39.5 Å². The molecule has 0 aliphatic rings. The van der Waals surface area contributed by atoms with Crippen molar-refractivity contribution in [1.82, 2.24) is 0 Å². The summed E-state index contributed by atoms with van der Waals surface area (Å²) in [7, 11) is 1.14. The Hall–Kier alpha value is -2.80. The largest absolute Gasteiger partial charge is 0.507 e. The van der Waals surface area contributed by atoms with Crippen LogP contribution in [-0.4, -0.2) is 29.3 Å². The van der Waals surface area contributed by atoms with E-state index in [-0.39, 0.29) is 33.1 Å². The molecule has 0 fully saturated rings. The van der Waals surface area contributed by atoms with Gasteiger partial charge < -0.3 is 19.4 Å². The number of phenols is 1. The number of phenolic OH excluding ortho intramolecular Hbond substituents is 1. The molecule has 8 heteroatoms. The Bertz CT molecular complexity index is 924. The van der Waals surface area contributed by atoms with E-state index < -0.39 is 23.8 Å². The first kappa shape index (κ1) is 17.6. The Kier molecular flexibility index (Phi) is 4.94. The molecular weight excluding hydrogens is 340 g/mol. The van der Waals surface area contributed by atoms with Gasteiger partial charge in [0.25, 0.3) is 0 Å². The summed E-state index contributed by atoms with van der Waals surface area (Å²) >= 11 is 5.92. The molecule has 0 aliphatic heterocycles. The van der Waals surface area contributed by atoms with Gasteiger partial charge in [-0.25, -0.2) is 4.79 Å². The van der Waals surface area contributed by atoms with Crippen LogP contribution in [0.1, 0.15) is 16.9 Å². The number of esters is 1. The minimum atomic E-state index is -1.35. The van der Waals surface area contributed by atoms with E-state index in [2.05, 4.69) is 4.74 Å². The van der Waals surface area contributed by atoms with Gasteiger partial charge in [-0.15, -0.1) is 0 Å². The highest BCUT2D eigenvalue weighted by atomic mass is 35.5. The summed E-state index contributed by atoms with van der Waals surface area (Å²) in [6, 6.07) is 2.86. The number of carboxylic acid groups (broad SMARTS) is 1. The summed E-state index contributed by atoms with van der Waals surface area (Å²) in [5.41, 5.74) is -0.242. The molecule has 2 rings (SSSR count). The zero-order valence-electron chi connectivity index (χ0n) is 12.8. The van der Waals surface area contributed by atoms with E-state index in [1.807, 2.05) is 0 Å². The molecule has 7 nitrogen and oxygen atoms in total. The number of carbonyl (C=O) groups is 2. The van der Waals surface area contributed by atoms with Crippen molar-refractivity contribution in [3.8, 4) is 5.75 Å². The highest BCUT2D eigenvalue weighted by Gasteiger charge is 2.22. The molecule has 2 N–H and O–H groups in total. The van der Waals surface area contributed by atoms with Crippen molar-refractivity contribution in [2.45, 2.75) is 13.3 Å². The van der Waals surface area contributed by atoms with Crippen molar-refractivity contribution in [2.75, 3.05) is 7.11 Å². The topological polar surface area (TPSA) is 114 Å². The number of methoxy groups -OCH3 is 1. The zero-order valence-corrected chi connectivity index (χ0v) is 13.5. The van der Waals surface area contributed by atoms with Crippen LogP contribution in [-0.2, 0) is 20.7 Å². The summed E-state index contributed by atoms with van der Waals surface area (Å²) < 4.78 is 10.0. The fraction of sp³-hybridized carbons (Fsp3) is 0.188. The number of aromatic hydroxyl groups is 1. The van der Waals surface area contributed by atoms with Crippen LogP contribution in [0.3, 0.4) is 0 Å². The molecule has 2 aromatic rings. The minimum absolute atomic E-state index is 0.0260. The predicted molar refractivity (Wildman–Crippen MR) is 86.1 cm³/mol. The Balaban J connectivity index is 2.87. The quantitative estimate of drug-likeness (QED) is 0.640. The normalized spacial score (nSPS) is 11.5. The highest BCUT2D eigenvalue weighted by molar-refractivity contribution is 6.49. The third kappa shape index (κ3) is 3.41. The third-order valence-corrected chi connectivity index (χ3v) is 3.51. The molecule has 24 heavy (non-hydrogen) atoms. The number of carbonyl (C=O) groups excluding carboxylic acids is 1. The van der Waals surface area contributed by atoms with Crippen molar-refractivity contribution in [2.24, 2.45) is 0 Å². The zero-order chi connectivity index (χ0) is 18.0. The van der Waals surface area contributed by atoms with Crippen LogP contribution in [0.5, 0.6) is 5.75 Å². The van der Waals surface area contributed by atoms with Crippen molar-refractivity contribution < 1.29 is 29.0 Å². The smallest absolute Gasteiger partial charge is 0.329 e. The van der Waals surface area contributed by atoms with Gasteiger partial charge in [-0.1, -0.05) is 11.6 Å². The standard InChI is InChI=1S/C16H13ClO7/c1-7-3-10(18)14-11(4-7)24-16(9(17)6-12(19)20)8(15(14)22)5-13(21)23-2/h3-4,6,18H,5H2,1-2H3,(H,19,20)/b9-6+. The van der Waals surface area contributed by atoms with Crippen molar-refractivity contribution in [3.63, 3.8) is 0 Å². The summed E-state index contributed by atoms with van der Waals surface area (Å²) in [6.07, 6.45) is 0.156. The van der Waals surface area contributed by atoms with Gasteiger partial charge in [0.2, 0.25) is 5.43 Å². The molecule has 0 aliphatic carbocycles. The molecular formula is C16H13ClO7. The van der Waals surface area contributed by atoms with Crippen molar-refractivity contribution in [1.29, 1.82) is 0 Å². The molecule has 0 atom stereocenters. The molecule has 1 aromatic carbocycles. The maximum absolute atomic E-state index is 12.7. The second-order valence-electron chi connectivity index (χ2n) is 4.98. The highest BCUT2D eigenvalue weighted by Crippen LogP contribution is 2.30. The maximum Gasteiger partial charge on any atom is 0.329 e. The fourth-order valence-corrected chi connectivity index (χ4v) is 2.46. The molecule has 126 valence electrons. The summed E-state index contributed by atoms with van der Waals surface area (Å²) in [4.78, 5) is 35.0. The maximum atomic E-state index is 12.7. The number of carboxylic acids is 1. The van der Waals surface area contributed by atoms with Gasteiger partial charge in [-0.2, -0.15) is 0 Å². The molecule has 0 saturated carbocycles. The van der Waals surface area contributed by atoms with Gasteiger partial charge in [-0.3, -0.25) is 9.59 Å². The predicted octanol–water partition coefficient (Wildman–Crippen LogP) is 2.19. The molecule has 0 bridgehead atoms. The van der Waals surface area contributed by atoms with E-state index in [1.165, 1.54) is 12.1 Å². The monoisotopic (exact) mass is 352 g/mol. The number of rotatable bonds is 4. The van der Waals surface area contributed by atoms with Crippen LogP contribution in [0.15, 0.2) is 27.4 Å². The average molecular weight is 353 g/mol. The van der Waals surface area contributed by atoms with E-state index >= 15 is 0 Å². The van der Waals surface area contributed by atoms with Crippen LogP contribution in [0.2, 0.25) is 0 Å². The van der Waals surface area contributed by atoms with E-state index in [0.29, 0.717) is 11.6 Å². The number of ether oxygens (including phenoxy) is 1. The lowest BCUT2D eigenvalue weighted by molar-refractivity contribution is -0.139. The lowest BCUT2D eigenvalue weighted by atomic mass is 10.0. The fourth-order valence-electron chi connectivity index (χ4n) is 2.21. The number of aryl methyl sites for hydroxylation is 1. The summed E-state index contributed by atoms with van der Waals surface area (Å²) in [6.45, 7) is 1.68. The number of halogens is 1. The van der Waals surface area contributed by atoms with Gasteiger partial charge >= 0.3 is 11.9 Å². The van der Waals surface area contributed by atoms with E-state index in [9.17, 15) is 19.5 Å². The van der Waals surface area contributed by atoms with Gasteiger partial charge in [-0.05, 0) is 24.6 Å². The molecule has 0 saturated heterocycles. The van der Waals surface area contributed by atoms with E-state index in [1.54, 1.807) is 6.92 Å². The lowest BCUT2D eigenvalue weighted by Crippen LogP contribution is -2.17. The molecule has 0 amide bonds. The summed E-state index contributed by atoms with van der Waals surface area (Å²) in [5.74, 6) is -2.66. The van der Waals surface area contributed by atoms with E-state index in [4.69, 9.17) is 21.1 Å². The molecule has 0 spiro atoms. The van der Waals surface area contributed by atoms with Gasteiger partial charge in [0.1, 0.15) is 16.7 Å². The van der Waals surface area contributed by atoms with Gasteiger partial charge in [0.05, 0.1) is 24.1 Å². The Morgan fingerprint density at radius 1 is 1.38 bits per heavy atom. The molecule has 1 heterocycles. The second-order valence-corrected chi connectivity index (χ2v) is 5.39. The minimum Gasteiger partial charge on any atom is -0.507 e. The molecule has 0 radical (unpaired) electrons. The number of benzene rings is 1.